The van der Waals surface area contributed by atoms with Crippen molar-refractivity contribution >= 4 is 15.9 Å². The van der Waals surface area contributed by atoms with Gasteiger partial charge in [-0.1, -0.05) is 19.3 Å². The second kappa shape index (κ2) is 5.64. The molecule has 1 heterocycles. The Kier molecular flexibility index (Phi) is 3.92. The molecule has 0 radical (unpaired) electrons. The van der Waals surface area contributed by atoms with Gasteiger partial charge in [-0.05, 0) is 54.5 Å². The quantitative estimate of drug-likeness (QED) is 0.823. The van der Waals surface area contributed by atoms with Gasteiger partial charge in [-0.15, -0.1) is 0 Å². The first kappa shape index (κ1) is 12.5. The maximum Gasteiger partial charge on any atom is 0.172 e. The molecule has 0 aliphatic heterocycles. The van der Waals surface area contributed by atoms with Gasteiger partial charge in [0, 0.05) is 0 Å². The third kappa shape index (κ3) is 2.58. The molecule has 1 aromatic heterocycles. The van der Waals surface area contributed by atoms with E-state index in [1.54, 1.807) is 0 Å². The first-order valence-electron chi connectivity index (χ1n) is 7.24. The third-order valence-electron chi connectivity index (χ3n) is 4.22. The van der Waals surface area contributed by atoms with Gasteiger partial charge in [-0.25, -0.2) is 0 Å². The molecule has 18 heavy (non-hydrogen) atoms. The summed E-state index contributed by atoms with van der Waals surface area (Å²) in [5.74, 6) is 0.939. The lowest BCUT2D eigenvalue weighted by Gasteiger charge is -2.22. The largest absolute Gasteiger partial charge is 0.486 e. The van der Waals surface area contributed by atoms with Gasteiger partial charge in [0.1, 0.15) is 4.60 Å². The zero-order valence-corrected chi connectivity index (χ0v) is 12.4. The average Bonchev–Trinajstić information content (AvgIpc) is 3.02. The Labute approximate surface area is 117 Å². The lowest BCUT2D eigenvalue weighted by Crippen LogP contribution is -2.19. The van der Waals surface area contributed by atoms with Crippen LogP contribution in [0, 0.1) is 0 Å². The number of halogens is 1. The van der Waals surface area contributed by atoms with E-state index < -0.39 is 0 Å². The van der Waals surface area contributed by atoms with E-state index in [1.165, 1.54) is 57.8 Å². The third-order valence-corrected chi connectivity index (χ3v) is 4.97. The molecule has 0 saturated heterocycles. The highest BCUT2D eigenvalue weighted by Crippen LogP contribution is 2.36. The van der Waals surface area contributed by atoms with E-state index >= 15 is 0 Å². The summed E-state index contributed by atoms with van der Waals surface area (Å²) in [6.07, 6.45) is 13.8. The molecule has 100 valence electrons. The average molecular weight is 313 g/mol. The van der Waals surface area contributed by atoms with Crippen molar-refractivity contribution in [2.75, 3.05) is 0 Å². The minimum Gasteiger partial charge on any atom is -0.486 e. The van der Waals surface area contributed by atoms with Gasteiger partial charge < -0.3 is 4.74 Å². The molecule has 0 spiro atoms. The van der Waals surface area contributed by atoms with Crippen molar-refractivity contribution in [1.29, 1.82) is 0 Å². The number of hydrogen-bond acceptors (Lipinski definition) is 2. The van der Waals surface area contributed by atoms with Crippen molar-refractivity contribution in [3.63, 3.8) is 0 Å². The minimum absolute atomic E-state index is 0.399. The smallest absolute Gasteiger partial charge is 0.172 e. The number of ether oxygens (including phenoxy) is 1. The summed E-state index contributed by atoms with van der Waals surface area (Å²) in [4.78, 5) is 0. The summed E-state index contributed by atoms with van der Waals surface area (Å²) < 4.78 is 9.25. The Hall–Kier alpha value is -0.510. The molecule has 2 aliphatic rings. The Morgan fingerprint density at radius 3 is 2.44 bits per heavy atom. The summed E-state index contributed by atoms with van der Waals surface area (Å²) in [5.41, 5.74) is 0. The molecule has 0 atom stereocenters. The molecule has 3 nitrogen and oxygen atoms in total. The fourth-order valence-corrected chi connectivity index (χ4v) is 3.75. The van der Waals surface area contributed by atoms with Crippen LogP contribution in [0.15, 0.2) is 10.8 Å². The van der Waals surface area contributed by atoms with Crippen molar-refractivity contribution in [3.05, 3.63) is 10.8 Å². The van der Waals surface area contributed by atoms with Crippen LogP contribution in [-0.2, 0) is 0 Å². The van der Waals surface area contributed by atoms with Crippen LogP contribution in [-0.4, -0.2) is 15.9 Å². The van der Waals surface area contributed by atoms with Gasteiger partial charge >= 0.3 is 0 Å². The molecule has 2 fully saturated rings. The van der Waals surface area contributed by atoms with Gasteiger partial charge in [-0.2, -0.15) is 5.10 Å². The van der Waals surface area contributed by atoms with Gasteiger partial charge in [-0.3, -0.25) is 4.68 Å². The monoisotopic (exact) mass is 312 g/mol. The molecular weight excluding hydrogens is 292 g/mol. The molecule has 0 bridgehead atoms. The number of aromatic nitrogens is 2. The zero-order chi connectivity index (χ0) is 12.4. The predicted molar refractivity (Wildman–Crippen MR) is 74.9 cm³/mol. The van der Waals surface area contributed by atoms with E-state index in [0.29, 0.717) is 12.1 Å². The van der Waals surface area contributed by atoms with Crippen LogP contribution in [0.4, 0.5) is 0 Å². The van der Waals surface area contributed by atoms with E-state index in [0.717, 1.165) is 10.4 Å². The first-order chi connectivity index (χ1) is 8.84. The molecule has 4 heteroatoms. The van der Waals surface area contributed by atoms with Crippen LogP contribution in [0.5, 0.6) is 5.75 Å². The molecule has 0 N–H and O–H groups in total. The van der Waals surface area contributed by atoms with E-state index in [9.17, 15) is 0 Å². The molecule has 0 unspecified atom stereocenters. The highest BCUT2D eigenvalue weighted by Gasteiger charge is 2.23. The van der Waals surface area contributed by atoms with Crippen molar-refractivity contribution in [2.45, 2.75) is 69.9 Å². The van der Waals surface area contributed by atoms with E-state index in [4.69, 9.17) is 4.74 Å². The summed E-state index contributed by atoms with van der Waals surface area (Å²) >= 11 is 3.66. The van der Waals surface area contributed by atoms with Gasteiger partial charge in [0.2, 0.25) is 0 Å². The topological polar surface area (TPSA) is 27.1 Å². The Bertz CT molecular complexity index is 392. The van der Waals surface area contributed by atoms with Crippen molar-refractivity contribution < 1.29 is 4.74 Å². The van der Waals surface area contributed by atoms with E-state index in [1.807, 2.05) is 6.20 Å². The van der Waals surface area contributed by atoms with Crippen LogP contribution in [0.25, 0.3) is 0 Å². The standard InChI is InChI=1S/C14H21BrN2O/c15-14-13(18-12-8-2-1-3-9-12)10-16-17(14)11-6-4-5-7-11/h10-12H,1-9H2. The summed E-state index contributed by atoms with van der Waals surface area (Å²) in [6.45, 7) is 0. The Morgan fingerprint density at radius 1 is 1.06 bits per heavy atom. The summed E-state index contributed by atoms with van der Waals surface area (Å²) in [5, 5.41) is 4.51. The zero-order valence-electron chi connectivity index (χ0n) is 10.8. The molecular formula is C14H21BrN2O. The van der Waals surface area contributed by atoms with Gasteiger partial charge in [0.25, 0.3) is 0 Å². The van der Waals surface area contributed by atoms with Crippen LogP contribution >= 0.6 is 15.9 Å². The van der Waals surface area contributed by atoms with Crippen LogP contribution < -0.4 is 4.74 Å². The lowest BCUT2D eigenvalue weighted by molar-refractivity contribution is 0.153. The molecule has 2 aliphatic carbocycles. The van der Waals surface area contributed by atoms with Crippen LogP contribution in [0.3, 0.4) is 0 Å². The molecule has 3 rings (SSSR count). The van der Waals surface area contributed by atoms with Crippen molar-refractivity contribution in [3.8, 4) is 5.75 Å². The van der Waals surface area contributed by atoms with Crippen molar-refractivity contribution in [2.24, 2.45) is 0 Å². The Morgan fingerprint density at radius 2 is 1.72 bits per heavy atom. The lowest BCUT2D eigenvalue weighted by atomic mass is 9.98. The van der Waals surface area contributed by atoms with Crippen LogP contribution in [0.1, 0.15) is 63.8 Å². The number of nitrogens with zero attached hydrogens (tertiary/aromatic N) is 2. The molecule has 0 aromatic carbocycles. The second-order valence-corrected chi connectivity index (χ2v) is 6.31. The number of hydrogen-bond donors (Lipinski definition) is 0. The van der Waals surface area contributed by atoms with Gasteiger partial charge in [0.15, 0.2) is 5.75 Å². The fraction of sp³-hybridized carbons (Fsp3) is 0.786. The van der Waals surface area contributed by atoms with Crippen molar-refractivity contribution in [1.82, 2.24) is 9.78 Å². The second-order valence-electron chi connectivity index (χ2n) is 5.56. The minimum atomic E-state index is 0.399. The van der Waals surface area contributed by atoms with Gasteiger partial charge in [0.05, 0.1) is 18.3 Å². The predicted octanol–water partition coefficient (Wildman–Crippen LogP) is 4.47. The summed E-state index contributed by atoms with van der Waals surface area (Å²) in [6, 6.07) is 0.572. The van der Waals surface area contributed by atoms with E-state index in [-0.39, 0.29) is 0 Å². The normalized spacial score (nSPS) is 22.5. The van der Waals surface area contributed by atoms with E-state index in [2.05, 4.69) is 25.7 Å². The highest BCUT2D eigenvalue weighted by atomic mass is 79.9. The first-order valence-corrected chi connectivity index (χ1v) is 8.03. The fourth-order valence-electron chi connectivity index (χ4n) is 3.18. The maximum atomic E-state index is 6.10. The molecule has 2 saturated carbocycles. The number of rotatable bonds is 3. The molecule has 0 amide bonds. The summed E-state index contributed by atoms with van der Waals surface area (Å²) in [7, 11) is 0. The SMILES string of the molecule is Brc1c(OC2CCCCC2)cnn1C1CCCC1. The molecule has 1 aromatic rings. The maximum absolute atomic E-state index is 6.10. The van der Waals surface area contributed by atoms with Crippen LogP contribution in [0.2, 0.25) is 0 Å². The Balaban J connectivity index is 1.68. The highest BCUT2D eigenvalue weighted by molar-refractivity contribution is 9.10.